The van der Waals surface area contributed by atoms with E-state index in [2.05, 4.69) is 20.4 Å². The molecule has 0 bridgehead atoms. The predicted octanol–water partition coefficient (Wildman–Crippen LogP) is 4.03. The van der Waals surface area contributed by atoms with Crippen LogP contribution < -0.4 is 5.32 Å². The second-order valence-electron chi connectivity index (χ2n) is 5.99. The fraction of sp³-hybridized carbons (Fsp3) is 0.562. The van der Waals surface area contributed by atoms with Gasteiger partial charge >= 0.3 is 0 Å². The largest absolute Gasteiger partial charge is 0.358 e. The number of anilines is 1. The minimum Gasteiger partial charge on any atom is -0.358 e. The number of nitrogens with zero attached hydrogens (tertiary/aromatic N) is 5. The third-order valence-electron chi connectivity index (χ3n) is 4.22. The van der Waals surface area contributed by atoms with Crippen LogP contribution in [0.15, 0.2) is 11.2 Å². The van der Waals surface area contributed by atoms with Crippen molar-refractivity contribution < 1.29 is 13.5 Å². The van der Waals surface area contributed by atoms with Gasteiger partial charge in [-0.2, -0.15) is 5.10 Å². The summed E-state index contributed by atoms with van der Waals surface area (Å²) in [6.07, 6.45) is 0.639. The molecule has 0 aromatic carbocycles. The van der Waals surface area contributed by atoms with Crippen LogP contribution in [0.4, 0.5) is 14.5 Å². The average molecular weight is 387 g/mol. The highest BCUT2D eigenvalue weighted by Gasteiger charge is 2.28. The van der Waals surface area contributed by atoms with Crippen molar-refractivity contribution in [3.8, 4) is 0 Å². The molecule has 1 aliphatic heterocycles. The van der Waals surface area contributed by atoms with E-state index in [1.807, 2.05) is 14.0 Å². The molecule has 0 amide bonds. The second-order valence-corrected chi connectivity index (χ2v) is 6.38. The Labute approximate surface area is 155 Å². The lowest BCUT2D eigenvalue weighted by atomic mass is 10.2. The van der Waals surface area contributed by atoms with Gasteiger partial charge in [0, 0.05) is 26.3 Å². The summed E-state index contributed by atoms with van der Waals surface area (Å²) in [7, 11) is 1.82. The number of halogens is 3. The molecule has 0 spiro atoms. The molecule has 1 unspecified atom stereocenters. The number of pyridine rings is 1. The third kappa shape index (κ3) is 3.88. The smallest absolute Gasteiger partial charge is 0.295 e. The molecule has 142 valence electrons. The molecule has 1 N–H and O–H groups in total. The van der Waals surface area contributed by atoms with Gasteiger partial charge in [0.1, 0.15) is 23.2 Å². The Hall–Kier alpha value is -2.00. The minimum atomic E-state index is -2.75. The third-order valence-corrected chi connectivity index (χ3v) is 4.41. The molecule has 3 heterocycles. The van der Waals surface area contributed by atoms with Crippen LogP contribution in [0.5, 0.6) is 0 Å². The van der Waals surface area contributed by atoms with Gasteiger partial charge in [-0.1, -0.05) is 11.6 Å². The number of ether oxygens (including phenoxy) is 1. The molecule has 26 heavy (non-hydrogen) atoms. The number of nitrogens with one attached hydrogen (secondary N) is 1. The van der Waals surface area contributed by atoms with Gasteiger partial charge in [-0.15, -0.1) is 0 Å². The van der Waals surface area contributed by atoms with Gasteiger partial charge in [0.25, 0.3) is 6.43 Å². The number of aromatic nitrogens is 3. The highest BCUT2D eigenvalue weighted by Crippen LogP contribution is 2.35. The van der Waals surface area contributed by atoms with Gasteiger partial charge in [0.15, 0.2) is 11.5 Å². The molecule has 7 nitrogen and oxygen atoms in total. The molecule has 1 aliphatic rings. The fourth-order valence-corrected chi connectivity index (χ4v) is 2.99. The highest BCUT2D eigenvalue weighted by molar-refractivity contribution is 6.30. The Morgan fingerprint density at radius 3 is 2.96 bits per heavy atom. The van der Waals surface area contributed by atoms with Crippen molar-refractivity contribution in [1.82, 2.24) is 19.5 Å². The first kappa shape index (κ1) is 18.8. The van der Waals surface area contributed by atoms with Crippen molar-refractivity contribution >= 4 is 34.8 Å². The second kappa shape index (κ2) is 8.13. The SMILES string of the molecule is CCN(C)/N=C\Nc1cc(Cl)nc2c1nc(C(F)F)n2C1CCCCO1. The lowest BCUT2D eigenvalue weighted by molar-refractivity contribution is -0.0363. The summed E-state index contributed by atoms with van der Waals surface area (Å²) in [6.45, 7) is 3.21. The summed E-state index contributed by atoms with van der Waals surface area (Å²) in [5.41, 5.74) is 1.05. The van der Waals surface area contributed by atoms with E-state index in [9.17, 15) is 8.78 Å². The van der Waals surface area contributed by atoms with Gasteiger partial charge in [0.05, 0.1) is 5.69 Å². The molecule has 1 atom stereocenters. The monoisotopic (exact) mass is 386 g/mol. The molecular weight excluding hydrogens is 366 g/mol. The number of hydrazone groups is 1. The summed E-state index contributed by atoms with van der Waals surface area (Å²) >= 11 is 6.12. The van der Waals surface area contributed by atoms with Crippen LogP contribution in [0.3, 0.4) is 0 Å². The lowest BCUT2D eigenvalue weighted by Crippen LogP contribution is -2.20. The topological polar surface area (TPSA) is 67.6 Å². The van der Waals surface area contributed by atoms with Crippen molar-refractivity contribution in [3.63, 3.8) is 0 Å². The number of alkyl halides is 2. The van der Waals surface area contributed by atoms with E-state index in [1.165, 1.54) is 17.0 Å². The first-order valence-corrected chi connectivity index (χ1v) is 8.87. The summed E-state index contributed by atoms with van der Waals surface area (Å²) in [5, 5.41) is 9.00. The Bertz CT molecular complexity index is 791. The van der Waals surface area contributed by atoms with Crippen LogP contribution in [0, 0.1) is 0 Å². The number of hydrogen-bond acceptors (Lipinski definition) is 5. The lowest BCUT2D eigenvalue weighted by Gasteiger charge is -2.25. The Morgan fingerprint density at radius 1 is 1.50 bits per heavy atom. The Kier molecular flexibility index (Phi) is 5.87. The van der Waals surface area contributed by atoms with Crippen LogP contribution in [-0.2, 0) is 4.74 Å². The standard InChI is InChI=1S/C16H21ClF2N6O/c1-3-24(2)21-9-20-10-8-11(17)22-15-13(10)23-16(14(18)19)25(15)12-6-4-5-7-26-12/h8-9,12,14H,3-7H2,1-2H3,(H,20,21,22). The zero-order valence-electron chi connectivity index (χ0n) is 14.6. The summed E-state index contributed by atoms with van der Waals surface area (Å²) < 4.78 is 34.3. The van der Waals surface area contributed by atoms with Crippen molar-refractivity contribution in [2.75, 3.05) is 25.5 Å². The van der Waals surface area contributed by atoms with Gasteiger partial charge in [-0.25, -0.2) is 18.7 Å². The highest BCUT2D eigenvalue weighted by atomic mass is 35.5. The minimum absolute atomic E-state index is 0.176. The Morgan fingerprint density at radius 2 is 2.31 bits per heavy atom. The molecular formula is C16H21ClF2N6O. The number of hydrogen-bond donors (Lipinski definition) is 1. The van der Waals surface area contributed by atoms with Crippen molar-refractivity contribution in [2.24, 2.45) is 5.10 Å². The van der Waals surface area contributed by atoms with Crippen molar-refractivity contribution in [2.45, 2.75) is 38.8 Å². The van der Waals surface area contributed by atoms with Crippen LogP contribution in [0.2, 0.25) is 5.15 Å². The van der Waals surface area contributed by atoms with E-state index in [0.29, 0.717) is 24.2 Å². The first-order chi connectivity index (χ1) is 12.5. The molecule has 2 aromatic rings. The maximum atomic E-state index is 13.6. The predicted molar refractivity (Wildman–Crippen MR) is 96.8 cm³/mol. The van der Waals surface area contributed by atoms with Gasteiger partial charge < -0.3 is 10.1 Å². The van der Waals surface area contributed by atoms with E-state index in [4.69, 9.17) is 16.3 Å². The number of rotatable bonds is 6. The van der Waals surface area contributed by atoms with E-state index in [-0.39, 0.29) is 16.6 Å². The molecule has 10 heteroatoms. The zero-order valence-corrected chi connectivity index (χ0v) is 15.4. The Balaban J connectivity index is 2.06. The molecule has 3 rings (SSSR count). The van der Waals surface area contributed by atoms with Crippen LogP contribution in [-0.4, -0.2) is 46.1 Å². The molecule has 0 saturated carbocycles. The van der Waals surface area contributed by atoms with Crippen LogP contribution in [0.1, 0.15) is 44.7 Å². The van der Waals surface area contributed by atoms with E-state index < -0.39 is 12.7 Å². The molecule has 1 fully saturated rings. The van der Waals surface area contributed by atoms with E-state index in [1.54, 1.807) is 5.01 Å². The quantitative estimate of drug-likeness (QED) is 0.351. The van der Waals surface area contributed by atoms with E-state index >= 15 is 0 Å². The summed E-state index contributed by atoms with van der Waals surface area (Å²) in [6, 6.07) is 1.54. The summed E-state index contributed by atoms with van der Waals surface area (Å²) in [5.74, 6) is -0.368. The van der Waals surface area contributed by atoms with Gasteiger partial charge in [-0.3, -0.25) is 9.58 Å². The average Bonchev–Trinajstić information content (AvgIpc) is 3.01. The van der Waals surface area contributed by atoms with E-state index in [0.717, 1.165) is 19.4 Å². The zero-order chi connectivity index (χ0) is 18.7. The van der Waals surface area contributed by atoms with Gasteiger partial charge in [0.2, 0.25) is 0 Å². The van der Waals surface area contributed by atoms with Crippen LogP contribution >= 0.6 is 11.6 Å². The molecule has 0 radical (unpaired) electrons. The fourth-order valence-electron chi connectivity index (χ4n) is 2.80. The molecule has 2 aromatic heterocycles. The number of fused-ring (bicyclic) bond motifs is 1. The maximum absolute atomic E-state index is 13.6. The van der Waals surface area contributed by atoms with Gasteiger partial charge in [-0.05, 0) is 26.2 Å². The molecule has 0 aliphatic carbocycles. The van der Waals surface area contributed by atoms with Crippen molar-refractivity contribution in [1.29, 1.82) is 0 Å². The first-order valence-electron chi connectivity index (χ1n) is 8.49. The maximum Gasteiger partial charge on any atom is 0.295 e. The molecule has 1 saturated heterocycles. The normalized spacial score (nSPS) is 18.2. The van der Waals surface area contributed by atoms with Crippen molar-refractivity contribution in [3.05, 3.63) is 17.0 Å². The van der Waals surface area contributed by atoms with Crippen LogP contribution in [0.25, 0.3) is 11.2 Å². The number of imidazole rings is 1. The summed E-state index contributed by atoms with van der Waals surface area (Å²) in [4.78, 5) is 8.35.